The maximum Gasteiger partial charge on any atom is 0.267 e. The number of carbonyl (C=O) groups excluding carboxylic acids is 1. The number of rotatable bonds is 4. The van der Waals surface area contributed by atoms with Crippen LogP contribution in [0.2, 0.25) is 10.0 Å². The van der Waals surface area contributed by atoms with Crippen LogP contribution in [-0.2, 0) is 4.79 Å². The number of piperazine rings is 1. The fraction of sp³-hybridized carbons (Fsp3) is 0.200. The molecule has 1 fully saturated rings. The molecule has 138 valence electrons. The fourth-order valence-corrected chi connectivity index (χ4v) is 3.24. The average molecular weight is 401 g/mol. The van der Waals surface area contributed by atoms with E-state index in [1.165, 1.54) is 0 Å². The summed E-state index contributed by atoms with van der Waals surface area (Å²) in [5, 5.41) is 13.3. The number of anilines is 2. The molecule has 0 bridgehead atoms. The van der Waals surface area contributed by atoms with E-state index in [0.29, 0.717) is 28.8 Å². The summed E-state index contributed by atoms with van der Waals surface area (Å²) in [6.07, 6.45) is 1.62. The largest absolute Gasteiger partial charge is 0.373 e. The van der Waals surface area contributed by atoms with Gasteiger partial charge in [0.2, 0.25) is 0 Å². The smallest absolute Gasteiger partial charge is 0.267 e. The Morgan fingerprint density at radius 1 is 1.04 bits per heavy atom. The molecule has 1 saturated heterocycles. The molecular weight excluding hydrogens is 383 g/mol. The summed E-state index contributed by atoms with van der Waals surface area (Å²) >= 11 is 12.0. The Bertz CT molecular complexity index is 899. The van der Waals surface area contributed by atoms with E-state index in [4.69, 9.17) is 23.2 Å². The van der Waals surface area contributed by atoms with Crippen molar-refractivity contribution in [3.05, 3.63) is 70.3 Å². The second kappa shape index (κ2) is 8.81. The Hall–Kier alpha value is -2.68. The van der Waals surface area contributed by atoms with Gasteiger partial charge in [0.05, 0.1) is 0 Å². The predicted octanol–water partition coefficient (Wildman–Crippen LogP) is 4.16. The lowest BCUT2D eigenvalue weighted by atomic mass is 10.2. The molecule has 7 heteroatoms. The van der Waals surface area contributed by atoms with E-state index < -0.39 is 5.91 Å². The number of hydrogen-bond donors (Lipinski definition) is 1. The van der Waals surface area contributed by atoms with Gasteiger partial charge in [-0.3, -0.25) is 4.79 Å². The monoisotopic (exact) mass is 400 g/mol. The van der Waals surface area contributed by atoms with Crippen LogP contribution in [0.3, 0.4) is 0 Å². The highest BCUT2D eigenvalue weighted by molar-refractivity contribution is 6.31. The van der Waals surface area contributed by atoms with Crippen LogP contribution in [0.1, 0.15) is 0 Å². The summed E-state index contributed by atoms with van der Waals surface area (Å²) in [6.45, 7) is 2.99. The van der Waals surface area contributed by atoms with Crippen molar-refractivity contribution in [1.82, 2.24) is 4.90 Å². The van der Waals surface area contributed by atoms with Crippen molar-refractivity contribution in [3.8, 4) is 6.07 Å². The third-order valence-electron chi connectivity index (χ3n) is 4.25. The lowest BCUT2D eigenvalue weighted by Gasteiger charge is -2.35. The number of benzene rings is 2. The number of nitrogens with one attached hydrogen (secondary N) is 1. The summed E-state index contributed by atoms with van der Waals surface area (Å²) < 4.78 is 0. The third kappa shape index (κ3) is 5.16. The molecule has 0 saturated carbocycles. The molecule has 1 heterocycles. The SMILES string of the molecule is N#C/C(=C/N1CCN(c2cccc(Cl)c2)CC1)C(=O)Nc1cccc(Cl)c1. The zero-order chi connectivity index (χ0) is 19.2. The first-order valence-corrected chi connectivity index (χ1v) is 9.24. The lowest BCUT2D eigenvalue weighted by molar-refractivity contribution is -0.112. The Morgan fingerprint density at radius 3 is 2.33 bits per heavy atom. The molecule has 2 aromatic carbocycles. The second-order valence-corrected chi connectivity index (χ2v) is 6.99. The van der Waals surface area contributed by atoms with Gasteiger partial charge in [-0.05, 0) is 36.4 Å². The average Bonchev–Trinajstić information content (AvgIpc) is 2.66. The van der Waals surface area contributed by atoms with Gasteiger partial charge in [0.25, 0.3) is 5.91 Å². The lowest BCUT2D eigenvalue weighted by Crippen LogP contribution is -2.44. The molecule has 5 nitrogen and oxygen atoms in total. The number of carbonyl (C=O) groups is 1. The fourth-order valence-electron chi connectivity index (χ4n) is 2.87. The Morgan fingerprint density at radius 2 is 1.70 bits per heavy atom. The normalized spacial score (nSPS) is 14.6. The molecule has 3 rings (SSSR count). The van der Waals surface area contributed by atoms with Gasteiger partial charge in [0.15, 0.2) is 0 Å². The molecule has 0 atom stereocenters. The van der Waals surface area contributed by atoms with Crippen molar-refractivity contribution >= 4 is 40.5 Å². The van der Waals surface area contributed by atoms with Crippen LogP contribution >= 0.6 is 23.2 Å². The zero-order valence-electron chi connectivity index (χ0n) is 14.5. The third-order valence-corrected chi connectivity index (χ3v) is 4.72. The van der Waals surface area contributed by atoms with Crippen LogP contribution in [0.5, 0.6) is 0 Å². The van der Waals surface area contributed by atoms with E-state index in [1.54, 1.807) is 30.5 Å². The van der Waals surface area contributed by atoms with Crippen molar-refractivity contribution in [2.24, 2.45) is 0 Å². The first kappa shape index (κ1) is 19.1. The maximum absolute atomic E-state index is 12.4. The van der Waals surface area contributed by atoms with Crippen molar-refractivity contribution in [1.29, 1.82) is 5.26 Å². The molecule has 1 amide bonds. The van der Waals surface area contributed by atoms with Crippen LogP contribution in [0.25, 0.3) is 0 Å². The van der Waals surface area contributed by atoms with Gasteiger partial charge in [-0.25, -0.2) is 0 Å². The van der Waals surface area contributed by atoms with Crippen LogP contribution < -0.4 is 10.2 Å². The van der Waals surface area contributed by atoms with Gasteiger partial charge in [0.1, 0.15) is 11.6 Å². The van der Waals surface area contributed by atoms with E-state index in [9.17, 15) is 10.1 Å². The zero-order valence-corrected chi connectivity index (χ0v) is 16.0. The molecule has 2 aromatic rings. The van der Waals surface area contributed by atoms with E-state index in [2.05, 4.69) is 10.2 Å². The molecule has 1 aliphatic heterocycles. The molecule has 0 unspecified atom stereocenters. The van der Waals surface area contributed by atoms with E-state index in [-0.39, 0.29) is 5.57 Å². The summed E-state index contributed by atoms with van der Waals surface area (Å²) in [5.41, 5.74) is 1.69. The molecule has 1 aliphatic rings. The summed E-state index contributed by atoms with van der Waals surface area (Å²) in [5.74, 6) is -0.447. The highest BCUT2D eigenvalue weighted by atomic mass is 35.5. The molecule has 0 radical (unpaired) electrons. The highest BCUT2D eigenvalue weighted by Gasteiger charge is 2.18. The van der Waals surface area contributed by atoms with E-state index in [0.717, 1.165) is 18.8 Å². The van der Waals surface area contributed by atoms with Gasteiger partial charge < -0.3 is 15.1 Å². The minimum atomic E-state index is -0.447. The number of amides is 1. The van der Waals surface area contributed by atoms with Gasteiger partial charge in [-0.15, -0.1) is 0 Å². The Balaban J connectivity index is 1.61. The molecular formula is C20H18Cl2N4O. The number of hydrogen-bond acceptors (Lipinski definition) is 4. The summed E-state index contributed by atoms with van der Waals surface area (Å²) in [6, 6.07) is 16.5. The second-order valence-electron chi connectivity index (χ2n) is 6.12. The molecule has 0 aliphatic carbocycles. The van der Waals surface area contributed by atoms with Gasteiger partial charge in [-0.1, -0.05) is 35.3 Å². The minimum absolute atomic E-state index is 0.0613. The van der Waals surface area contributed by atoms with Crippen molar-refractivity contribution < 1.29 is 4.79 Å². The number of nitrogens with zero attached hydrogens (tertiary/aromatic N) is 3. The Kier molecular flexibility index (Phi) is 6.23. The first-order valence-electron chi connectivity index (χ1n) is 8.48. The van der Waals surface area contributed by atoms with Crippen LogP contribution in [0, 0.1) is 11.3 Å². The van der Waals surface area contributed by atoms with Gasteiger partial charge in [0, 0.05) is 53.8 Å². The molecule has 1 N–H and O–H groups in total. The van der Waals surface area contributed by atoms with Crippen LogP contribution in [0.15, 0.2) is 60.3 Å². The van der Waals surface area contributed by atoms with Gasteiger partial charge in [-0.2, -0.15) is 5.26 Å². The van der Waals surface area contributed by atoms with Crippen LogP contribution in [-0.4, -0.2) is 37.0 Å². The molecule has 0 aromatic heterocycles. The van der Waals surface area contributed by atoms with Crippen LogP contribution in [0.4, 0.5) is 11.4 Å². The van der Waals surface area contributed by atoms with Crippen molar-refractivity contribution in [2.75, 3.05) is 36.4 Å². The quantitative estimate of drug-likeness (QED) is 0.618. The topological polar surface area (TPSA) is 59.4 Å². The first-order chi connectivity index (χ1) is 13.0. The van der Waals surface area contributed by atoms with Gasteiger partial charge >= 0.3 is 0 Å². The number of nitriles is 1. The highest BCUT2D eigenvalue weighted by Crippen LogP contribution is 2.21. The Labute approximate surface area is 168 Å². The standard InChI is InChI=1S/C20H18Cl2N4O/c21-16-3-1-5-18(11-16)24-20(27)15(13-23)14-25-7-9-26(10-8-25)19-6-2-4-17(22)12-19/h1-6,11-12,14H,7-10H2,(H,24,27)/b15-14-. The molecule has 0 spiro atoms. The molecule has 27 heavy (non-hydrogen) atoms. The summed E-state index contributed by atoms with van der Waals surface area (Å²) in [4.78, 5) is 16.6. The van der Waals surface area contributed by atoms with Crippen molar-refractivity contribution in [3.63, 3.8) is 0 Å². The maximum atomic E-state index is 12.4. The number of halogens is 2. The van der Waals surface area contributed by atoms with E-state index in [1.807, 2.05) is 35.2 Å². The predicted molar refractivity (Wildman–Crippen MR) is 109 cm³/mol. The van der Waals surface area contributed by atoms with E-state index >= 15 is 0 Å². The minimum Gasteiger partial charge on any atom is -0.373 e. The van der Waals surface area contributed by atoms with Crippen molar-refractivity contribution in [2.45, 2.75) is 0 Å². The summed E-state index contributed by atoms with van der Waals surface area (Å²) in [7, 11) is 0.